The van der Waals surface area contributed by atoms with Gasteiger partial charge in [0.05, 0.1) is 11.5 Å². The molecule has 2 N–H and O–H groups in total. The van der Waals surface area contributed by atoms with Gasteiger partial charge in [-0.15, -0.1) is 0 Å². The van der Waals surface area contributed by atoms with Gasteiger partial charge in [0.15, 0.2) is 9.84 Å². The van der Waals surface area contributed by atoms with Crippen molar-refractivity contribution in [2.24, 2.45) is 5.73 Å². The van der Waals surface area contributed by atoms with Crippen LogP contribution in [0.15, 0.2) is 0 Å². The maximum Gasteiger partial charge on any atom is 0.151 e. The number of nitrogens with two attached hydrogens (primary N) is 1. The van der Waals surface area contributed by atoms with E-state index in [-0.39, 0.29) is 17.5 Å². The van der Waals surface area contributed by atoms with Crippen molar-refractivity contribution in [3.8, 4) is 0 Å². The van der Waals surface area contributed by atoms with Crippen LogP contribution in [0.2, 0.25) is 0 Å². The van der Waals surface area contributed by atoms with Gasteiger partial charge in [0.1, 0.15) is 0 Å². The predicted molar refractivity (Wildman–Crippen MR) is 55.3 cm³/mol. The Balaban J connectivity index is 3.73. The predicted octanol–water partition coefficient (Wildman–Crippen LogP) is 0.501. The third-order valence-electron chi connectivity index (χ3n) is 1.32. The zero-order chi connectivity index (χ0) is 9.61. The Hall–Kier alpha value is 0.260. The van der Waals surface area contributed by atoms with Gasteiger partial charge in [-0.3, -0.25) is 0 Å². The lowest BCUT2D eigenvalue weighted by Crippen LogP contribution is -2.27. The topological polar surface area (TPSA) is 60.2 Å². The molecule has 12 heavy (non-hydrogen) atoms. The van der Waals surface area contributed by atoms with Crippen LogP contribution in [0.3, 0.4) is 0 Å². The van der Waals surface area contributed by atoms with Gasteiger partial charge in [-0.1, -0.05) is 0 Å². The average Bonchev–Trinajstić information content (AvgIpc) is 1.84. The fraction of sp³-hybridized carbons (Fsp3) is 1.00. The molecule has 0 rings (SSSR count). The van der Waals surface area contributed by atoms with Crippen molar-refractivity contribution in [1.29, 1.82) is 0 Å². The summed E-state index contributed by atoms with van der Waals surface area (Å²) in [6.45, 7) is 1.71. The van der Waals surface area contributed by atoms with E-state index in [0.717, 1.165) is 12.2 Å². The molecule has 0 heterocycles. The highest BCUT2D eigenvalue weighted by molar-refractivity contribution is 7.98. The summed E-state index contributed by atoms with van der Waals surface area (Å²) in [4.78, 5) is 0. The molecular weight excluding hydrogens is 194 g/mol. The molecule has 0 saturated carbocycles. The smallest absolute Gasteiger partial charge is 0.151 e. The molecule has 3 nitrogen and oxygen atoms in total. The molecule has 0 aromatic carbocycles. The molecule has 1 atom stereocenters. The molecule has 0 aliphatic rings. The van der Waals surface area contributed by atoms with Gasteiger partial charge in [0.25, 0.3) is 0 Å². The van der Waals surface area contributed by atoms with E-state index >= 15 is 0 Å². The van der Waals surface area contributed by atoms with Gasteiger partial charge in [0.2, 0.25) is 0 Å². The Morgan fingerprint density at radius 1 is 1.50 bits per heavy atom. The molecule has 0 amide bonds. The van der Waals surface area contributed by atoms with E-state index in [1.54, 1.807) is 18.7 Å². The fourth-order valence-corrected chi connectivity index (χ4v) is 3.07. The van der Waals surface area contributed by atoms with Gasteiger partial charge >= 0.3 is 0 Å². The first-order valence-electron chi connectivity index (χ1n) is 3.93. The summed E-state index contributed by atoms with van der Waals surface area (Å²) in [6.07, 6.45) is 2.70. The van der Waals surface area contributed by atoms with Gasteiger partial charge in [-0.05, 0) is 25.4 Å². The summed E-state index contributed by atoms with van der Waals surface area (Å²) < 4.78 is 22.5. The summed E-state index contributed by atoms with van der Waals surface area (Å²) >= 11 is 1.67. The first-order valence-corrected chi connectivity index (χ1v) is 7.14. The second kappa shape index (κ2) is 5.83. The van der Waals surface area contributed by atoms with Gasteiger partial charge in [0, 0.05) is 6.04 Å². The maximum atomic E-state index is 11.2. The Labute approximate surface area is 79.0 Å². The fourth-order valence-electron chi connectivity index (χ4n) is 0.907. The standard InChI is InChI=1S/C7H17NO2S2/c1-7(8)6-12(9,10)5-3-4-11-2/h7H,3-6,8H2,1-2H3. The third kappa shape index (κ3) is 6.94. The van der Waals surface area contributed by atoms with Crippen LogP contribution in [-0.4, -0.2) is 38.0 Å². The summed E-state index contributed by atoms with van der Waals surface area (Å²) in [5.41, 5.74) is 5.40. The van der Waals surface area contributed by atoms with Crippen LogP contribution < -0.4 is 5.73 Å². The Morgan fingerprint density at radius 3 is 2.50 bits per heavy atom. The molecule has 0 aliphatic heterocycles. The zero-order valence-corrected chi connectivity index (χ0v) is 9.25. The Morgan fingerprint density at radius 2 is 2.08 bits per heavy atom. The van der Waals surface area contributed by atoms with Crippen molar-refractivity contribution < 1.29 is 8.42 Å². The van der Waals surface area contributed by atoms with Crippen molar-refractivity contribution >= 4 is 21.6 Å². The monoisotopic (exact) mass is 211 g/mol. The van der Waals surface area contributed by atoms with E-state index in [0.29, 0.717) is 0 Å². The van der Waals surface area contributed by atoms with Crippen LogP contribution in [0.5, 0.6) is 0 Å². The summed E-state index contributed by atoms with van der Waals surface area (Å²) in [6, 6.07) is -0.246. The second-order valence-electron chi connectivity index (χ2n) is 2.94. The summed E-state index contributed by atoms with van der Waals surface area (Å²) in [5.74, 6) is 1.29. The molecule has 0 bridgehead atoms. The minimum absolute atomic E-state index is 0.112. The molecule has 0 radical (unpaired) electrons. The summed E-state index contributed by atoms with van der Waals surface area (Å²) in [5, 5.41) is 0. The third-order valence-corrected chi connectivity index (χ3v) is 3.96. The number of hydrogen-bond acceptors (Lipinski definition) is 4. The minimum atomic E-state index is -2.89. The lowest BCUT2D eigenvalue weighted by molar-refractivity contribution is 0.589. The molecule has 0 fully saturated rings. The first kappa shape index (κ1) is 12.3. The number of hydrogen-bond donors (Lipinski definition) is 1. The van der Waals surface area contributed by atoms with Crippen molar-refractivity contribution in [3.63, 3.8) is 0 Å². The number of thioether (sulfide) groups is 1. The van der Waals surface area contributed by atoms with Crippen LogP contribution in [-0.2, 0) is 9.84 Å². The second-order valence-corrected chi connectivity index (χ2v) is 6.15. The highest BCUT2D eigenvalue weighted by Crippen LogP contribution is 2.01. The van der Waals surface area contributed by atoms with Crippen molar-refractivity contribution in [2.75, 3.05) is 23.5 Å². The molecule has 5 heteroatoms. The lowest BCUT2D eigenvalue weighted by Gasteiger charge is -2.05. The minimum Gasteiger partial charge on any atom is -0.327 e. The van der Waals surface area contributed by atoms with Crippen LogP contribution in [0.25, 0.3) is 0 Å². The molecule has 1 unspecified atom stereocenters. The molecule has 0 aromatic rings. The van der Waals surface area contributed by atoms with E-state index in [4.69, 9.17) is 5.73 Å². The highest BCUT2D eigenvalue weighted by Gasteiger charge is 2.12. The van der Waals surface area contributed by atoms with E-state index in [1.807, 2.05) is 6.26 Å². The highest BCUT2D eigenvalue weighted by atomic mass is 32.2. The van der Waals surface area contributed by atoms with E-state index in [1.165, 1.54) is 0 Å². The molecule has 0 aliphatic carbocycles. The quantitative estimate of drug-likeness (QED) is 0.650. The van der Waals surface area contributed by atoms with E-state index in [9.17, 15) is 8.42 Å². The zero-order valence-electron chi connectivity index (χ0n) is 7.62. The van der Waals surface area contributed by atoms with Gasteiger partial charge in [-0.25, -0.2) is 8.42 Å². The lowest BCUT2D eigenvalue weighted by atomic mass is 10.4. The van der Waals surface area contributed by atoms with Gasteiger partial charge < -0.3 is 5.73 Å². The summed E-state index contributed by atoms with van der Waals surface area (Å²) in [7, 11) is -2.89. The normalized spacial score (nSPS) is 14.6. The number of sulfone groups is 1. The SMILES string of the molecule is CSCCCS(=O)(=O)CC(C)N. The van der Waals surface area contributed by atoms with Gasteiger partial charge in [-0.2, -0.15) is 11.8 Å². The maximum absolute atomic E-state index is 11.2. The molecular formula is C7H17NO2S2. The Kier molecular flexibility index (Phi) is 5.96. The van der Waals surface area contributed by atoms with Crippen LogP contribution in [0.4, 0.5) is 0 Å². The van der Waals surface area contributed by atoms with Crippen LogP contribution >= 0.6 is 11.8 Å². The van der Waals surface area contributed by atoms with Crippen LogP contribution in [0, 0.1) is 0 Å². The first-order chi connectivity index (χ1) is 5.48. The van der Waals surface area contributed by atoms with Crippen molar-refractivity contribution in [3.05, 3.63) is 0 Å². The molecule has 0 saturated heterocycles. The van der Waals surface area contributed by atoms with Crippen molar-refractivity contribution in [2.45, 2.75) is 19.4 Å². The Bertz CT molecular complexity index is 199. The number of rotatable bonds is 6. The molecule has 0 aromatic heterocycles. The molecule has 74 valence electrons. The van der Waals surface area contributed by atoms with E-state index < -0.39 is 9.84 Å². The average molecular weight is 211 g/mol. The van der Waals surface area contributed by atoms with Crippen molar-refractivity contribution in [1.82, 2.24) is 0 Å². The van der Waals surface area contributed by atoms with Crippen LogP contribution in [0.1, 0.15) is 13.3 Å². The van der Waals surface area contributed by atoms with E-state index in [2.05, 4.69) is 0 Å². The largest absolute Gasteiger partial charge is 0.327 e. The molecule has 0 spiro atoms.